The molecule has 6 heteroatoms. The summed E-state index contributed by atoms with van der Waals surface area (Å²) in [6, 6.07) is 15.4. The Morgan fingerprint density at radius 3 is 2.81 bits per heavy atom. The van der Waals surface area contributed by atoms with Crippen LogP contribution in [0.2, 0.25) is 0 Å². The number of amides is 1. The Kier molecular flexibility index (Phi) is 4.58. The Morgan fingerprint density at radius 2 is 2.00 bits per heavy atom. The first-order valence-electron chi connectivity index (χ1n) is 8.45. The first kappa shape index (κ1) is 17.5. The maximum absolute atomic E-state index is 12.5. The van der Waals surface area contributed by atoms with Gasteiger partial charge in [-0.2, -0.15) is 0 Å². The highest BCUT2D eigenvalue weighted by Gasteiger charge is 2.15. The van der Waals surface area contributed by atoms with E-state index in [0.29, 0.717) is 18.0 Å². The van der Waals surface area contributed by atoms with Crippen LogP contribution >= 0.6 is 15.9 Å². The highest BCUT2D eigenvalue weighted by atomic mass is 79.9. The van der Waals surface area contributed by atoms with Gasteiger partial charge in [-0.1, -0.05) is 28.1 Å². The molecular weight excluding hydrogens is 408 g/mol. The molecule has 0 aliphatic rings. The van der Waals surface area contributed by atoms with Crippen LogP contribution in [0.4, 0.5) is 0 Å². The van der Waals surface area contributed by atoms with Crippen LogP contribution in [0.3, 0.4) is 0 Å². The number of hydrogen-bond acceptors (Lipinski definition) is 4. The number of carbonyl (C=O) groups is 1. The van der Waals surface area contributed by atoms with Crippen molar-refractivity contribution in [3.63, 3.8) is 0 Å². The van der Waals surface area contributed by atoms with Crippen LogP contribution in [-0.2, 0) is 6.54 Å². The molecule has 1 N–H and O–H groups in total. The maximum atomic E-state index is 12.5. The standard InChI is InChI=1S/C21H17BrN2O3/c1-12-3-4-13-8-14-10-19(27-21(14)24-17(13)7-12)20(25)23-11-15-9-16(22)5-6-18(15)26-2/h3-10H,11H2,1-2H3,(H,23,25). The van der Waals surface area contributed by atoms with E-state index in [9.17, 15) is 4.79 Å². The molecule has 2 aromatic heterocycles. The van der Waals surface area contributed by atoms with Crippen molar-refractivity contribution < 1.29 is 13.9 Å². The zero-order chi connectivity index (χ0) is 19.0. The number of halogens is 1. The number of aryl methyl sites for hydroxylation is 1. The molecule has 0 radical (unpaired) electrons. The van der Waals surface area contributed by atoms with E-state index in [0.717, 1.165) is 31.9 Å². The minimum absolute atomic E-state index is 0.235. The second-order valence-electron chi connectivity index (χ2n) is 6.33. The van der Waals surface area contributed by atoms with E-state index < -0.39 is 0 Å². The highest BCUT2D eigenvalue weighted by molar-refractivity contribution is 9.10. The first-order valence-corrected chi connectivity index (χ1v) is 9.24. The molecule has 4 aromatic rings. The Morgan fingerprint density at radius 1 is 1.15 bits per heavy atom. The van der Waals surface area contributed by atoms with Crippen molar-refractivity contribution in [3.05, 3.63) is 69.9 Å². The number of furan rings is 1. The Balaban J connectivity index is 1.59. The van der Waals surface area contributed by atoms with Gasteiger partial charge < -0.3 is 14.5 Å². The smallest absolute Gasteiger partial charge is 0.287 e. The molecule has 1 amide bonds. The van der Waals surface area contributed by atoms with E-state index in [2.05, 4.69) is 26.2 Å². The molecule has 0 saturated carbocycles. The van der Waals surface area contributed by atoms with Gasteiger partial charge in [0.2, 0.25) is 5.71 Å². The van der Waals surface area contributed by atoms with E-state index in [1.54, 1.807) is 13.2 Å². The molecule has 0 aliphatic heterocycles. The lowest BCUT2D eigenvalue weighted by atomic mass is 10.1. The van der Waals surface area contributed by atoms with Gasteiger partial charge in [-0.15, -0.1) is 0 Å². The zero-order valence-corrected chi connectivity index (χ0v) is 16.5. The van der Waals surface area contributed by atoms with Gasteiger partial charge in [-0.05, 0) is 48.9 Å². The number of fused-ring (bicyclic) bond motifs is 2. The average Bonchev–Trinajstić information content (AvgIpc) is 3.07. The van der Waals surface area contributed by atoms with Crippen LogP contribution in [0.1, 0.15) is 21.7 Å². The molecule has 27 heavy (non-hydrogen) atoms. The van der Waals surface area contributed by atoms with Crippen molar-refractivity contribution in [1.29, 1.82) is 0 Å². The summed E-state index contributed by atoms with van der Waals surface area (Å²) in [6.07, 6.45) is 0. The molecular formula is C21H17BrN2O3. The van der Waals surface area contributed by atoms with Gasteiger partial charge >= 0.3 is 0 Å². The lowest BCUT2D eigenvalue weighted by Gasteiger charge is -2.09. The number of benzene rings is 2. The minimum Gasteiger partial charge on any atom is -0.496 e. The van der Waals surface area contributed by atoms with Gasteiger partial charge in [0.15, 0.2) is 5.76 Å². The molecule has 4 rings (SSSR count). The molecule has 0 spiro atoms. The Bertz CT molecular complexity index is 1170. The van der Waals surface area contributed by atoms with Gasteiger partial charge in [0.05, 0.1) is 12.6 Å². The second-order valence-corrected chi connectivity index (χ2v) is 7.24. The third-order valence-electron chi connectivity index (χ3n) is 4.36. The van der Waals surface area contributed by atoms with Gasteiger partial charge in [0.25, 0.3) is 5.91 Å². The largest absolute Gasteiger partial charge is 0.496 e. The molecule has 0 unspecified atom stereocenters. The summed E-state index contributed by atoms with van der Waals surface area (Å²) in [5.41, 5.74) is 3.30. The number of carbonyl (C=O) groups excluding carboxylic acids is 1. The number of methoxy groups -OCH3 is 1. The molecule has 0 atom stereocenters. The molecule has 0 bridgehead atoms. The summed E-state index contributed by atoms with van der Waals surface area (Å²) in [4.78, 5) is 17.1. The molecule has 0 aliphatic carbocycles. The number of nitrogens with zero attached hydrogens (tertiary/aromatic N) is 1. The number of pyridine rings is 1. The monoisotopic (exact) mass is 424 g/mol. The fourth-order valence-electron chi connectivity index (χ4n) is 3.00. The number of ether oxygens (including phenoxy) is 1. The van der Waals surface area contributed by atoms with E-state index in [1.807, 2.05) is 49.4 Å². The SMILES string of the molecule is COc1ccc(Br)cc1CNC(=O)c1cc2cc3ccc(C)cc3nc2o1. The predicted molar refractivity (Wildman–Crippen MR) is 108 cm³/mol. The average molecular weight is 425 g/mol. The highest BCUT2D eigenvalue weighted by Crippen LogP contribution is 2.25. The van der Waals surface area contributed by atoms with Gasteiger partial charge in [0, 0.05) is 27.4 Å². The summed E-state index contributed by atoms with van der Waals surface area (Å²) >= 11 is 3.43. The third kappa shape index (κ3) is 3.53. The second kappa shape index (κ2) is 7.04. The summed E-state index contributed by atoms with van der Waals surface area (Å²) in [6.45, 7) is 2.34. The number of aromatic nitrogens is 1. The Hall–Kier alpha value is -2.86. The third-order valence-corrected chi connectivity index (χ3v) is 4.86. The van der Waals surface area contributed by atoms with Gasteiger partial charge in [-0.25, -0.2) is 4.98 Å². The molecule has 0 saturated heterocycles. The fraction of sp³-hybridized carbons (Fsp3) is 0.143. The van der Waals surface area contributed by atoms with Crippen molar-refractivity contribution in [1.82, 2.24) is 10.3 Å². The quantitative estimate of drug-likeness (QED) is 0.501. The van der Waals surface area contributed by atoms with E-state index in [1.165, 1.54) is 0 Å². The van der Waals surface area contributed by atoms with Gasteiger partial charge in [-0.3, -0.25) is 4.79 Å². The predicted octanol–water partition coefficient (Wildman–Crippen LogP) is 4.99. The maximum Gasteiger partial charge on any atom is 0.287 e. The van der Waals surface area contributed by atoms with Crippen molar-refractivity contribution in [2.24, 2.45) is 0 Å². The summed E-state index contributed by atoms with van der Waals surface area (Å²) < 4.78 is 11.9. The van der Waals surface area contributed by atoms with Crippen molar-refractivity contribution in [2.45, 2.75) is 13.5 Å². The van der Waals surface area contributed by atoms with Gasteiger partial charge in [0.1, 0.15) is 5.75 Å². The topological polar surface area (TPSA) is 64.4 Å². The van der Waals surface area contributed by atoms with Crippen LogP contribution < -0.4 is 10.1 Å². The summed E-state index contributed by atoms with van der Waals surface area (Å²) in [7, 11) is 1.60. The van der Waals surface area contributed by atoms with Crippen LogP contribution in [0, 0.1) is 6.92 Å². The number of nitrogens with one attached hydrogen (secondary N) is 1. The van der Waals surface area contributed by atoms with Crippen LogP contribution in [-0.4, -0.2) is 18.0 Å². The van der Waals surface area contributed by atoms with E-state index in [4.69, 9.17) is 9.15 Å². The van der Waals surface area contributed by atoms with E-state index in [-0.39, 0.29) is 11.7 Å². The van der Waals surface area contributed by atoms with Crippen LogP contribution in [0.15, 0.2) is 57.4 Å². The first-order chi connectivity index (χ1) is 13.0. The van der Waals surface area contributed by atoms with Crippen LogP contribution in [0.25, 0.3) is 22.0 Å². The molecule has 2 aromatic carbocycles. The summed E-state index contributed by atoms with van der Waals surface area (Å²) in [5, 5.41) is 4.68. The van der Waals surface area contributed by atoms with Crippen molar-refractivity contribution in [2.75, 3.05) is 7.11 Å². The normalized spacial score (nSPS) is 11.1. The fourth-order valence-corrected chi connectivity index (χ4v) is 3.40. The number of rotatable bonds is 4. The van der Waals surface area contributed by atoms with Crippen molar-refractivity contribution in [3.8, 4) is 5.75 Å². The van der Waals surface area contributed by atoms with E-state index >= 15 is 0 Å². The van der Waals surface area contributed by atoms with Crippen LogP contribution in [0.5, 0.6) is 5.75 Å². The molecule has 136 valence electrons. The molecule has 5 nitrogen and oxygen atoms in total. The molecule has 2 heterocycles. The Labute approximate surface area is 164 Å². The summed E-state index contributed by atoms with van der Waals surface area (Å²) in [5.74, 6) is 0.653. The number of hydrogen-bond donors (Lipinski definition) is 1. The molecule has 0 fully saturated rings. The zero-order valence-electron chi connectivity index (χ0n) is 14.9. The minimum atomic E-state index is -0.296. The van der Waals surface area contributed by atoms with Crippen molar-refractivity contribution >= 4 is 43.8 Å². The lowest BCUT2D eigenvalue weighted by Crippen LogP contribution is -2.22. The lowest BCUT2D eigenvalue weighted by molar-refractivity contribution is 0.0925.